The summed E-state index contributed by atoms with van der Waals surface area (Å²) in [6.45, 7) is 7.18. The van der Waals surface area contributed by atoms with Crippen molar-refractivity contribution in [3.05, 3.63) is 0 Å². The van der Waals surface area contributed by atoms with Crippen LogP contribution in [0.4, 0.5) is 0 Å². The lowest BCUT2D eigenvalue weighted by molar-refractivity contribution is 0.130. The second-order valence-corrected chi connectivity index (χ2v) is 3.86. The van der Waals surface area contributed by atoms with Gasteiger partial charge in [-0.3, -0.25) is 0 Å². The Morgan fingerprint density at radius 3 is 2.43 bits per heavy atom. The van der Waals surface area contributed by atoms with Gasteiger partial charge in [0.25, 0.3) is 0 Å². The molecule has 0 aromatic rings. The first-order valence-electron chi connectivity index (χ1n) is 5.69. The fourth-order valence-electron chi connectivity index (χ4n) is 1.19. The van der Waals surface area contributed by atoms with E-state index in [-0.39, 0.29) is 0 Å². The molecule has 0 heterocycles. The number of hydrogen-bond donors (Lipinski definition) is 2. The maximum atomic E-state index is 8.55. The molecule has 0 rings (SSSR count). The molecule has 0 radical (unpaired) electrons. The molecule has 0 amide bonds. The summed E-state index contributed by atoms with van der Waals surface area (Å²) in [5.41, 5.74) is 0. The van der Waals surface area contributed by atoms with Crippen LogP contribution in [0.25, 0.3) is 0 Å². The Hall–Kier alpha value is -0.120. The zero-order valence-corrected chi connectivity index (χ0v) is 9.59. The number of aliphatic hydroxyl groups excluding tert-OH is 1. The van der Waals surface area contributed by atoms with Crippen LogP contribution in [0.15, 0.2) is 0 Å². The topological polar surface area (TPSA) is 41.5 Å². The Bertz CT molecular complexity index is 107. The van der Waals surface area contributed by atoms with Crippen LogP contribution >= 0.6 is 0 Å². The van der Waals surface area contributed by atoms with Crippen molar-refractivity contribution in [2.24, 2.45) is 0 Å². The van der Waals surface area contributed by atoms with Gasteiger partial charge in [0.15, 0.2) is 0 Å². The molecular weight excluding hydrogens is 178 g/mol. The summed E-state index contributed by atoms with van der Waals surface area (Å²) in [6, 6.07) is 0.545. The molecule has 0 atom stereocenters. The minimum absolute atomic E-state index is 0.319. The van der Waals surface area contributed by atoms with Gasteiger partial charge in [0.2, 0.25) is 0 Å². The molecule has 0 saturated carbocycles. The Kier molecular flexibility index (Phi) is 10.9. The fraction of sp³-hybridized carbons (Fsp3) is 1.00. The second-order valence-electron chi connectivity index (χ2n) is 3.86. The molecule has 86 valence electrons. The Labute approximate surface area is 87.8 Å². The van der Waals surface area contributed by atoms with Crippen LogP contribution in [0.5, 0.6) is 0 Å². The molecule has 0 aliphatic rings. The highest BCUT2D eigenvalue weighted by atomic mass is 16.5. The summed E-state index contributed by atoms with van der Waals surface area (Å²) < 4.78 is 5.44. The van der Waals surface area contributed by atoms with Gasteiger partial charge >= 0.3 is 0 Å². The highest BCUT2D eigenvalue weighted by molar-refractivity contribution is 4.51. The molecule has 14 heavy (non-hydrogen) atoms. The Morgan fingerprint density at radius 2 is 1.79 bits per heavy atom. The van der Waals surface area contributed by atoms with E-state index in [1.807, 2.05) is 0 Å². The number of nitrogens with one attached hydrogen (secondary N) is 1. The number of aliphatic hydroxyl groups is 1. The summed E-state index contributed by atoms with van der Waals surface area (Å²) in [5, 5.41) is 11.8. The van der Waals surface area contributed by atoms with Gasteiger partial charge in [-0.25, -0.2) is 0 Å². The summed E-state index contributed by atoms with van der Waals surface area (Å²) >= 11 is 0. The maximum Gasteiger partial charge on any atom is 0.0590 e. The van der Waals surface area contributed by atoms with E-state index in [2.05, 4.69) is 19.2 Å². The normalized spacial score (nSPS) is 11.1. The van der Waals surface area contributed by atoms with Crippen molar-refractivity contribution >= 4 is 0 Å². The van der Waals surface area contributed by atoms with Crippen molar-refractivity contribution in [3.63, 3.8) is 0 Å². The molecule has 0 aromatic heterocycles. The van der Waals surface area contributed by atoms with Crippen LogP contribution < -0.4 is 5.32 Å². The lowest BCUT2D eigenvalue weighted by atomic mass is 10.2. The van der Waals surface area contributed by atoms with E-state index >= 15 is 0 Å². The van der Waals surface area contributed by atoms with Crippen LogP contribution in [-0.4, -0.2) is 37.5 Å². The highest BCUT2D eigenvalue weighted by Gasteiger charge is 1.92. The minimum atomic E-state index is 0.319. The van der Waals surface area contributed by atoms with Crippen molar-refractivity contribution in [1.29, 1.82) is 0 Å². The molecule has 0 unspecified atom stereocenters. The van der Waals surface area contributed by atoms with Gasteiger partial charge in [0.05, 0.1) is 6.61 Å². The molecule has 3 nitrogen and oxygen atoms in total. The van der Waals surface area contributed by atoms with E-state index in [0.717, 1.165) is 45.4 Å². The predicted molar refractivity (Wildman–Crippen MR) is 59.5 cm³/mol. The second kappa shape index (κ2) is 11.0. The van der Waals surface area contributed by atoms with Crippen LogP contribution in [0, 0.1) is 0 Å². The lowest BCUT2D eigenvalue weighted by Gasteiger charge is -2.08. The van der Waals surface area contributed by atoms with Crippen LogP contribution in [0.3, 0.4) is 0 Å². The van der Waals surface area contributed by atoms with E-state index in [9.17, 15) is 0 Å². The van der Waals surface area contributed by atoms with E-state index in [1.165, 1.54) is 0 Å². The summed E-state index contributed by atoms with van der Waals surface area (Å²) in [7, 11) is 0. The van der Waals surface area contributed by atoms with Gasteiger partial charge in [-0.05, 0) is 12.8 Å². The summed E-state index contributed by atoms with van der Waals surface area (Å²) in [5.74, 6) is 0. The van der Waals surface area contributed by atoms with Crippen LogP contribution in [0.1, 0.15) is 39.5 Å². The first kappa shape index (κ1) is 13.9. The monoisotopic (exact) mass is 203 g/mol. The third kappa shape index (κ3) is 11.9. The smallest absolute Gasteiger partial charge is 0.0590 e. The SMILES string of the molecule is CC(C)NCCOCCCCCCO. The van der Waals surface area contributed by atoms with Crippen molar-refractivity contribution < 1.29 is 9.84 Å². The number of hydrogen-bond acceptors (Lipinski definition) is 3. The number of ether oxygens (including phenoxy) is 1. The lowest BCUT2D eigenvalue weighted by Crippen LogP contribution is -2.26. The first-order chi connectivity index (χ1) is 6.77. The van der Waals surface area contributed by atoms with Gasteiger partial charge in [-0.15, -0.1) is 0 Å². The average molecular weight is 203 g/mol. The minimum Gasteiger partial charge on any atom is -0.396 e. The molecule has 0 aliphatic carbocycles. The van der Waals surface area contributed by atoms with Crippen molar-refractivity contribution in [2.45, 2.75) is 45.6 Å². The van der Waals surface area contributed by atoms with Crippen molar-refractivity contribution in [3.8, 4) is 0 Å². The standard InChI is InChI=1S/C11H25NO2/c1-11(2)12-7-10-14-9-6-4-3-5-8-13/h11-13H,3-10H2,1-2H3. The Morgan fingerprint density at radius 1 is 1.07 bits per heavy atom. The van der Waals surface area contributed by atoms with Crippen molar-refractivity contribution in [1.82, 2.24) is 5.32 Å². The summed E-state index contributed by atoms with van der Waals surface area (Å²) in [4.78, 5) is 0. The third-order valence-electron chi connectivity index (χ3n) is 2.00. The summed E-state index contributed by atoms with van der Waals surface area (Å²) in [6.07, 6.45) is 4.32. The predicted octanol–water partition coefficient (Wildman–Crippen LogP) is 1.55. The molecule has 0 aromatic carbocycles. The van der Waals surface area contributed by atoms with Gasteiger partial charge in [0, 0.05) is 25.8 Å². The van der Waals surface area contributed by atoms with Crippen LogP contribution in [0.2, 0.25) is 0 Å². The Balaban J connectivity index is 2.85. The molecule has 0 saturated heterocycles. The van der Waals surface area contributed by atoms with Gasteiger partial charge < -0.3 is 15.2 Å². The molecule has 0 fully saturated rings. The quantitative estimate of drug-likeness (QED) is 0.529. The highest BCUT2D eigenvalue weighted by Crippen LogP contribution is 1.98. The van der Waals surface area contributed by atoms with E-state index in [0.29, 0.717) is 12.6 Å². The molecular formula is C11H25NO2. The number of unbranched alkanes of at least 4 members (excludes halogenated alkanes) is 3. The molecule has 2 N–H and O–H groups in total. The number of rotatable bonds is 10. The largest absolute Gasteiger partial charge is 0.396 e. The molecule has 0 aliphatic heterocycles. The first-order valence-corrected chi connectivity index (χ1v) is 5.69. The zero-order valence-electron chi connectivity index (χ0n) is 9.59. The van der Waals surface area contributed by atoms with Crippen LogP contribution in [-0.2, 0) is 4.74 Å². The molecule has 3 heteroatoms. The van der Waals surface area contributed by atoms with Gasteiger partial charge in [-0.2, -0.15) is 0 Å². The van der Waals surface area contributed by atoms with E-state index < -0.39 is 0 Å². The van der Waals surface area contributed by atoms with Gasteiger partial charge in [-0.1, -0.05) is 26.7 Å². The van der Waals surface area contributed by atoms with Crippen molar-refractivity contribution in [2.75, 3.05) is 26.4 Å². The molecule has 0 bridgehead atoms. The fourth-order valence-corrected chi connectivity index (χ4v) is 1.19. The zero-order chi connectivity index (χ0) is 10.6. The third-order valence-corrected chi connectivity index (χ3v) is 2.00. The van der Waals surface area contributed by atoms with E-state index in [1.54, 1.807) is 0 Å². The molecule has 0 spiro atoms. The average Bonchev–Trinajstić information content (AvgIpc) is 2.15. The van der Waals surface area contributed by atoms with Gasteiger partial charge in [0.1, 0.15) is 0 Å². The van der Waals surface area contributed by atoms with E-state index in [4.69, 9.17) is 9.84 Å². The maximum absolute atomic E-state index is 8.55.